The van der Waals surface area contributed by atoms with Crippen LogP contribution in [0.2, 0.25) is 0 Å². The second-order valence-corrected chi connectivity index (χ2v) is 7.24. The maximum Gasteiger partial charge on any atom is 0.382 e. The third kappa shape index (κ3) is 2.97. The second kappa shape index (κ2) is 5.07. The smallest absolute Gasteiger partial charge is 0.360 e. The minimum Gasteiger partial charge on any atom is -0.360 e. The molecule has 1 rings (SSSR count). The number of carbonyl (C=O) groups is 1. The molecule has 19 heavy (non-hydrogen) atoms. The van der Waals surface area contributed by atoms with E-state index in [1.54, 1.807) is 26.8 Å². The van der Waals surface area contributed by atoms with Crippen molar-refractivity contribution in [3.05, 3.63) is 35.4 Å². The van der Waals surface area contributed by atoms with Crippen molar-refractivity contribution in [1.82, 2.24) is 0 Å². The maximum atomic E-state index is 12.3. The Bertz CT molecular complexity index is 663. The van der Waals surface area contributed by atoms with Crippen molar-refractivity contribution >= 4 is 20.7 Å². The van der Waals surface area contributed by atoms with Crippen LogP contribution in [0.25, 0.3) is 5.53 Å². The lowest BCUT2D eigenvalue weighted by atomic mass is 9.86. The van der Waals surface area contributed by atoms with E-state index in [2.05, 4.69) is 4.79 Å². The summed E-state index contributed by atoms with van der Waals surface area (Å²) < 4.78 is 24.3. The zero-order chi connectivity index (χ0) is 14.8. The zero-order valence-electron chi connectivity index (χ0n) is 11.3. The summed E-state index contributed by atoms with van der Waals surface area (Å²) in [5.41, 5.74) is 8.06. The number of Topliss-reactive ketones (excluding diaryl/α,β-unsaturated/α-hetero) is 1. The Morgan fingerprint density at radius 1 is 1.21 bits per heavy atom. The average Bonchev–Trinajstić information content (AvgIpc) is 2.35. The fraction of sp³-hybridized carbons (Fsp3) is 0.385. The molecule has 0 heterocycles. The number of ketones is 1. The van der Waals surface area contributed by atoms with Gasteiger partial charge in [-0.2, -0.15) is 4.79 Å². The highest BCUT2D eigenvalue weighted by Crippen LogP contribution is 2.26. The van der Waals surface area contributed by atoms with Gasteiger partial charge in [-0.15, -0.1) is 0 Å². The fourth-order valence-corrected chi connectivity index (χ4v) is 2.64. The van der Waals surface area contributed by atoms with Gasteiger partial charge < -0.3 is 5.53 Å². The number of rotatable bonds is 2. The molecule has 0 N–H and O–H groups in total. The summed E-state index contributed by atoms with van der Waals surface area (Å²) in [6.07, 6.45) is 0. The van der Waals surface area contributed by atoms with Gasteiger partial charge in [-0.3, -0.25) is 4.79 Å². The molecule has 0 bridgehead atoms. The minimum absolute atomic E-state index is 0.109. The van der Waals surface area contributed by atoms with Crippen LogP contribution in [0.4, 0.5) is 0 Å². The monoisotopic (exact) mass is 280 g/mol. The first kappa shape index (κ1) is 15.3. The highest BCUT2D eigenvalue weighted by atomic mass is 32.2. The molecule has 0 spiro atoms. The second-order valence-electron chi connectivity index (χ2n) is 5.20. The molecule has 0 saturated heterocycles. The maximum absolute atomic E-state index is 12.3. The summed E-state index contributed by atoms with van der Waals surface area (Å²) in [6, 6.07) is 5.93. The van der Waals surface area contributed by atoms with Crippen molar-refractivity contribution in [3.63, 3.8) is 0 Å². The Kier molecular flexibility index (Phi) is 4.08. The van der Waals surface area contributed by atoms with Crippen molar-refractivity contribution in [2.45, 2.75) is 32.6 Å². The molecule has 0 atom stereocenters. The normalized spacial score (nSPS) is 11.8. The van der Waals surface area contributed by atoms with E-state index >= 15 is 0 Å². The first-order chi connectivity index (χ1) is 8.62. The lowest BCUT2D eigenvalue weighted by molar-refractivity contribution is -0.00111. The molecule has 6 heteroatoms. The lowest BCUT2D eigenvalue weighted by Crippen LogP contribution is -2.24. The Labute approximate surface area is 112 Å². The molecule has 0 saturated carbocycles. The predicted octanol–water partition coefficient (Wildman–Crippen LogP) is 2.34. The highest BCUT2D eigenvalue weighted by molar-refractivity contribution is 8.06. The number of carbonyl (C=O) groups excluding carboxylic acids is 1. The first-order valence-corrected chi connectivity index (χ1v) is 7.18. The molecule has 0 unspecified atom stereocenters. The quantitative estimate of drug-likeness (QED) is 0.274. The van der Waals surface area contributed by atoms with Crippen LogP contribution in [0.1, 0.15) is 38.1 Å². The van der Waals surface area contributed by atoms with Crippen LogP contribution < -0.4 is 0 Å². The van der Waals surface area contributed by atoms with E-state index < -0.39 is 20.3 Å². The SMILES string of the molecule is CC(=[N+]=[N-])S(=O)(=O)c1ccccc1C(=O)C(C)(C)C. The van der Waals surface area contributed by atoms with Crippen LogP contribution >= 0.6 is 0 Å². The predicted molar refractivity (Wildman–Crippen MR) is 71.7 cm³/mol. The van der Waals surface area contributed by atoms with Crippen LogP contribution in [0.3, 0.4) is 0 Å². The van der Waals surface area contributed by atoms with E-state index in [4.69, 9.17) is 5.53 Å². The Morgan fingerprint density at radius 2 is 1.74 bits per heavy atom. The largest absolute Gasteiger partial charge is 0.382 e. The van der Waals surface area contributed by atoms with Crippen LogP contribution in [0.15, 0.2) is 29.2 Å². The van der Waals surface area contributed by atoms with Gasteiger partial charge in [0.1, 0.15) is 0 Å². The fourth-order valence-electron chi connectivity index (χ4n) is 1.51. The minimum atomic E-state index is -3.95. The molecule has 102 valence electrons. The van der Waals surface area contributed by atoms with Crippen LogP contribution in [0, 0.1) is 5.41 Å². The number of benzene rings is 1. The van der Waals surface area contributed by atoms with Gasteiger partial charge in [0.25, 0.3) is 9.84 Å². The van der Waals surface area contributed by atoms with E-state index in [1.807, 2.05) is 0 Å². The standard InChI is InChI=1S/C13H16N2O3S/c1-9(15-14)19(17,18)11-8-6-5-7-10(11)12(16)13(2,3)4/h5-8H,1-4H3. The number of nitrogens with zero attached hydrogens (tertiary/aromatic N) is 2. The molecule has 5 nitrogen and oxygen atoms in total. The summed E-state index contributed by atoms with van der Waals surface area (Å²) in [5, 5.41) is -0.443. The molecule has 0 fully saturated rings. The van der Waals surface area contributed by atoms with Gasteiger partial charge in [-0.05, 0) is 6.07 Å². The van der Waals surface area contributed by atoms with Gasteiger partial charge in [0.15, 0.2) is 5.78 Å². The summed E-state index contributed by atoms with van der Waals surface area (Å²) in [7, 11) is -3.95. The first-order valence-electron chi connectivity index (χ1n) is 5.70. The Morgan fingerprint density at radius 3 is 2.21 bits per heavy atom. The van der Waals surface area contributed by atoms with Gasteiger partial charge in [0.05, 0.1) is 11.8 Å². The topological polar surface area (TPSA) is 87.6 Å². The van der Waals surface area contributed by atoms with Crippen LogP contribution in [0.5, 0.6) is 0 Å². The molecule has 1 aromatic rings. The third-order valence-electron chi connectivity index (χ3n) is 2.63. The van der Waals surface area contributed by atoms with Crippen molar-refractivity contribution in [2.24, 2.45) is 5.41 Å². The van der Waals surface area contributed by atoms with Crippen molar-refractivity contribution < 1.29 is 18.0 Å². The number of hydrogen-bond donors (Lipinski definition) is 0. The third-order valence-corrected chi connectivity index (χ3v) is 4.43. The molecule has 0 aliphatic heterocycles. The summed E-state index contributed by atoms with van der Waals surface area (Å²) in [5.74, 6) is -0.280. The number of sulfone groups is 1. The van der Waals surface area contributed by atoms with E-state index in [9.17, 15) is 13.2 Å². The molecular formula is C13H16N2O3S. The van der Waals surface area contributed by atoms with Gasteiger partial charge in [0, 0.05) is 11.0 Å². The summed E-state index contributed by atoms with van der Waals surface area (Å²) in [6.45, 7) is 6.32. The van der Waals surface area contributed by atoms with Gasteiger partial charge in [-0.25, -0.2) is 8.42 Å². The van der Waals surface area contributed by atoms with Crippen LogP contribution in [-0.2, 0) is 9.84 Å². The molecule has 1 aromatic carbocycles. The van der Waals surface area contributed by atoms with Gasteiger partial charge >= 0.3 is 5.04 Å². The van der Waals surface area contributed by atoms with E-state index in [1.165, 1.54) is 25.1 Å². The van der Waals surface area contributed by atoms with Gasteiger partial charge in [-0.1, -0.05) is 39.0 Å². The van der Waals surface area contributed by atoms with Crippen LogP contribution in [-0.4, -0.2) is 24.0 Å². The van der Waals surface area contributed by atoms with Crippen molar-refractivity contribution in [1.29, 1.82) is 0 Å². The van der Waals surface area contributed by atoms with E-state index in [0.29, 0.717) is 0 Å². The molecule has 0 amide bonds. The van der Waals surface area contributed by atoms with E-state index in [-0.39, 0.29) is 16.2 Å². The zero-order valence-corrected chi connectivity index (χ0v) is 12.2. The molecule has 0 aromatic heterocycles. The number of hydrogen-bond acceptors (Lipinski definition) is 3. The highest BCUT2D eigenvalue weighted by Gasteiger charge is 2.33. The van der Waals surface area contributed by atoms with Crippen molar-refractivity contribution in [2.75, 3.05) is 0 Å². The van der Waals surface area contributed by atoms with Crippen molar-refractivity contribution in [3.8, 4) is 0 Å². The Hall–Kier alpha value is -1.78. The van der Waals surface area contributed by atoms with E-state index in [0.717, 1.165) is 0 Å². The molecule has 0 aliphatic rings. The molecule has 0 radical (unpaired) electrons. The molecular weight excluding hydrogens is 264 g/mol. The molecule has 0 aliphatic carbocycles. The average molecular weight is 280 g/mol. The van der Waals surface area contributed by atoms with Gasteiger partial charge in [0.2, 0.25) is 0 Å². The lowest BCUT2D eigenvalue weighted by Gasteiger charge is -2.18. The Balaban J connectivity index is 3.58. The summed E-state index contributed by atoms with van der Waals surface area (Å²) in [4.78, 5) is 14.9. The summed E-state index contributed by atoms with van der Waals surface area (Å²) >= 11 is 0.